The van der Waals surface area contributed by atoms with Crippen LogP contribution in [0.25, 0.3) is 0 Å². The van der Waals surface area contributed by atoms with Gasteiger partial charge >= 0.3 is 0 Å². The third-order valence-corrected chi connectivity index (χ3v) is 4.40. The fraction of sp³-hybridized carbons (Fsp3) is 0.0714. The molecule has 2 aromatic carbocycles. The second kappa shape index (κ2) is 6.05. The highest BCUT2D eigenvalue weighted by molar-refractivity contribution is 7.90. The van der Waals surface area contributed by atoms with Crippen LogP contribution in [-0.4, -0.2) is 20.6 Å². The largest absolute Gasteiger partial charge is 0.322 e. The first kappa shape index (κ1) is 15.8. The molecule has 0 saturated heterocycles. The zero-order valence-corrected chi connectivity index (χ0v) is 13.3. The quantitative estimate of drug-likeness (QED) is 0.924. The first-order valence-electron chi connectivity index (χ1n) is 5.84. The summed E-state index contributed by atoms with van der Waals surface area (Å²) in [4.78, 5) is 12.2. The van der Waals surface area contributed by atoms with E-state index in [0.717, 1.165) is 6.26 Å². The third-order valence-electron chi connectivity index (χ3n) is 2.71. The average Bonchev–Trinajstić information content (AvgIpc) is 2.40. The zero-order chi connectivity index (χ0) is 15.6. The maximum atomic E-state index is 12.2. The Kier molecular flexibility index (Phi) is 4.56. The molecule has 110 valence electrons. The number of rotatable bonds is 3. The Morgan fingerprint density at radius 1 is 1.05 bits per heavy atom. The lowest BCUT2D eigenvalue weighted by Gasteiger charge is -2.08. The summed E-state index contributed by atoms with van der Waals surface area (Å²) in [5.74, 6) is -0.493. The first-order valence-corrected chi connectivity index (χ1v) is 8.48. The lowest BCUT2D eigenvalue weighted by Crippen LogP contribution is -2.13. The number of carbonyl (C=O) groups excluding carboxylic acids is 1. The van der Waals surface area contributed by atoms with Crippen molar-refractivity contribution in [1.29, 1.82) is 0 Å². The molecular weight excluding hydrogens is 333 g/mol. The predicted molar refractivity (Wildman–Crippen MR) is 84.0 cm³/mol. The minimum absolute atomic E-state index is 0.0353. The van der Waals surface area contributed by atoms with Gasteiger partial charge in [-0.3, -0.25) is 4.79 Å². The van der Waals surface area contributed by atoms with Crippen LogP contribution in [0.15, 0.2) is 47.4 Å². The van der Waals surface area contributed by atoms with Crippen molar-refractivity contribution in [3.8, 4) is 0 Å². The summed E-state index contributed by atoms with van der Waals surface area (Å²) >= 11 is 11.7. The van der Waals surface area contributed by atoms with Crippen LogP contribution in [0.5, 0.6) is 0 Å². The van der Waals surface area contributed by atoms with Gasteiger partial charge in [0.2, 0.25) is 0 Å². The molecule has 2 rings (SSSR count). The molecule has 0 bridgehead atoms. The zero-order valence-electron chi connectivity index (χ0n) is 10.9. The van der Waals surface area contributed by atoms with E-state index in [-0.39, 0.29) is 15.5 Å². The highest BCUT2D eigenvalue weighted by Gasteiger charge is 2.15. The SMILES string of the molecule is CS(=O)(=O)c1ccc(Cl)c(C(=O)Nc2ccc(Cl)cc2)c1. The summed E-state index contributed by atoms with van der Waals surface area (Å²) in [5.41, 5.74) is 0.625. The maximum absolute atomic E-state index is 12.2. The third kappa shape index (κ3) is 3.97. The number of hydrogen-bond donors (Lipinski definition) is 1. The molecule has 0 fully saturated rings. The summed E-state index contributed by atoms with van der Waals surface area (Å²) in [6, 6.07) is 10.5. The van der Waals surface area contributed by atoms with E-state index < -0.39 is 15.7 Å². The number of benzene rings is 2. The molecule has 0 atom stereocenters. The monoisotopic (exact) mass is 343 g/mol. The second-order valence-electron chi connectivity index (χ2n) is 4.37. The molecule has 0 heterocycles. The molecule has 4 nitrogen and oxygen atoms in total. The van der Waals surface area contributed by atoms with Crippen LogP contribution >= 0.6 is 23.2 Å². The molecular formula is C14H11Cl2NO3S. The first-order chi connectivity index (χ1) is 9.77. The van der Waals surface area contributed by atoms with E-state index in [2.05, 4.69) is 5.32 Å². The smallest absolute Gasteiger partial charge is 0.257 e. The summed E-state index contributed by atoms with van der Waals surface area (Å²) in [6.07, 6.45) is 1.07. The van der Waals surface area contributed by atoms with Crippen molar-refractivity contribution in [3.63, 3.8) is 0 Å². The van der Waals surface area contributed by atoms with Gasteiger partial charge in [0.1, 0.15) is 0 Å². The van der Waals surface area contributed by atoms with E-state index in [4.69, 9.17) is 23.2 Å². The lowest BCUT2D eigenvalue weighted by atomic mass is 10.2. The van der Waals surface area contributed by atoms with E-state index in [9.17, 15) is 13.2 Å². The number of amides is 1. The molecule has 1 N–H and O–H groups in total. The summed E-state index contributed by atoms with van der Waals surface area (Å²) < 4.78 is 23.1. The van der Waals surface area contributed by atoms with Gasteiger partial charge in [0.05, 0.1) is 15.5 Å². The van der Waals surface area contributed by atoms with Gasteiger partial charge in [-0.1, -0.05) is 23.2 Å². The van der Waals surface area contributed by atoms with Crippen molar-refractivity contribution >= 4 is 44.6 Å². The molecule has 0 aliphatic rings. The summed E-state index contributed by atoms with van der Waals surface area (Å²) in [7, 11) is -3.41. The van der Waals surface area contributed by atoms with Crippen LogP contribution in [-0.2, 0) is 9.84 Å². The average molecular weight is 344 g/mol. The van der Waals surface area contributed by atoms with Crippen LogP contribution < -0.4 is 5.32 Å². The molecule has 0 spiro atoms. The topological polar surface area (TPSA) is 63.2 Å². The molecule has 2 aromatic rings. The second-order valence-corrected chi connectivity index (χ2v) is 7.23. The van der Waals surface area contributed by atoms with E-state index in [1.54, 1.807) is 24.3 Å². The van der Waals surface area contributed by atoms with Gasteiger partial charge in [-0.2, -0.15) is 0 Å². The van der Waals surface area contributed by atoms with E-state index in [1.807, 2.05) is 0 Å². The Morgan fingerprint density at radius 3 is 2.24 bits per heavy atom. The highest BCUT2D eigenvalue weighted by atomic mass is 35.5. The number of sulfone groups is 1. The van der Waals surface area contributed by atoms with Crippen LogP contribution in [0.1, 0.15) is 10.4 Å². The fourth-order valence-electron chi connectivity index (χ4n) is 1.64. The molecule has 7 heteroatoms. The lowest BCUT2D eigenvalue weighted by molar-refractivity contribution is 0.102. The number of hydrogen-bond acceptors (Lipinski definition) is 3. The van der Waals surface area contributed by atoms with Gasteiger partial charge in [-0.05, 0) is 42.5 Å². The number of anilines is 1. The molecule has 0 aromatic heterocycles. The van der Waals surface area contributed by atoms with Gasteiger partial charge in [-0.25, -0.2) is 8.42 Å². The Labute approximate surface area is 132 Å². The summed E-state index contributed by atoms with van der Waals surface area (Å²) in [5, 5.41) is 3.35. The van der Waals surface area contributed by atoms with Crippen molar-refractivity contribution in [2.45, 2.75) is 4.90 Å². The normalized spacial score (nSPS) is 11.2. The van der Waals surface area contributed by atoms with Crippen LogP contribution in [0.4, 0.5) is 5.69 Å². The minimum atomic E-state index is -3.41. The van der Waals surface area contributed by atoms with Crippen molar-refractivity contribution in [2.75, 3.05) is 11.6 Å². The molecule has 0 saturated carbocycles. The Morgan fingerprint density at radius 2 is 1.67 bits per heavy atom. The summed E-state index contributed by atoms with van der Waals surface area (Å²) in [6.45, 7) is 0. The molecule has 0 radical (unpaired) electrons. The van der Waals surface area contributed by atoms with Crippen molar-refractivity contribution in [3.05, 3.63) is 58.1 Å². The minimum Gasteiger partial charge on any atom is -0.322 e. The Bertz CT molecular complexity index is 786. The van der Waals surface area contributed by atoms with Gasteiger partial charge in [0, 0.05) is 17.0 Å². The van der Waals surface area contributed by atoms with E-state index >= 15 is 0 Å². The number of nitrogens with one attached hydrogen (secondary N) is 1. The standard InChI is InChI=1S/C14H11Cl2NO3S/c1-21(19,20)11-6-7-13(16)12(8-11)14(18)17-10-4-2-9(15)3-5-10/h2-8H,1H3,(H,17,18). The van der Waals surface area contributed by atoms with Crippen LogP contribution in [0, 0.1) is 0 Å². The van der Waals surface area contributed by atoms with E-state index in [0.29, 0.717) is 10.7 Å². The van der Waals surface area contributed by atoms with Gasteiger partial charge in [0.15, 0.2) is 9.84 Å². The fourth-order valence-corrected chi connectivity index (χ4v) is 2.62. The maximum Gasteiger partial charge on any atom is 0.257 e. The molecule has 21 heavy (non-hydrogen) atoms. The number of carbonyl (C=O) groups is 1. The number of halogens is 2. The van der Waals surface area contributed by atoms with E-state index in [1.165, 1.54) is 18.2 Å². The predicted octanol–water partition coefficient (Wildman–Crippen LogP) is 3.65. The van der Waals surface area contributed by atoms with Crippen LogP contribution in [0.2, 0.25) is 10.0 Å². The molecule has 0 unspecified atom stereocenters. The van der Waals surface area contributed by atoms with Crippen molar-refractivity contribution in [1.82, 2.24) is 0 Å². The van der Waals surface area contributed by atoms with Gasteiger partial charge < -0.3 is 5.32 Å². The van der Waals surface area contributed by atoms with Crippen LogP contribution in [0.3, 0.4) is 0 Å². The Balaban J connectivity index is 2.32. The highest BCUT2D eigenvalue weighted by Crippen LogP contribution is 2.22. The Hall–Kier alpha value is -1.56. The molecule has 0 aliphatic heterocycles. The van der Waals surface area contributed by atoms with Gasteiger partial charge in [-0.15, -0.1) is 0 Å². The van der Waals surface area contributed by atoms with Crippen molar-refractivity contribution < 1.29 is 13.2 Å². The molecule has 0 aliphatic carbocycles. The van der Waals surface area contributed by atoms with Gasteiger partial charge in [0.25, 0.3) is 5.91 Å². The molecule has 1 amide bonds. The van der Waals surface area contributed by atoms with Crippen molar-refractivity contribution in [2.24, 2.45) is 0 Å².